The van der Waals surface area contributed by atoms with Crippen molar-refractivity contribution >= 4 is 40.6 Å². The van der Waals surface area contributed by atoms with Gasteiger partial charge in [-0.1, -0.05) is 53.5 Å². The van der Waals surface area contributed by atoms with Gasteiger partial charge in [-0.3, -0.25) is 14.3 Å². The number of alkyl halides is 4. The fourth-order valence-corrected chi connectivity index (χ4v) is 3.89. The zero-order chi connectivity index (χ0) is 26.0. The van der Waals surface area contributed by atoms with Gasteiger partial charge in [0.05, 0.1) is 17.3 Å². The van der Waals surface area contributed by atoms with Crippen molar-refractivity contribution in [1.82, 2.24) is 9.78 Å². The SMILES string of the molecule is O=C(Nc1ccc(Cl)cc1C(=O)c1ccccc1)c1ccc(Cn2nc(C(F)F)c(Cl)c2C(F)F)o1. The minimum Gasteiger partial charge on any atom is -0.454 e. The molecule has 186 valence electrons. The summed E-state index contributed by atoms with van der Waals surface area (Å²) in [5.74, 6) is -1.35. The number of hydrogen-bond donors (Lipinski definition) is 1. The van der Waals surface area contributed by atoms with E-state index in [-0.39, 0.29) is 33.6 Å². The van der Waals surface area contributed by atoms with Crippen molar-refractivity contribution in [2.45, 2.75) is 19.4 Å². The van der Waals surface area contributed by atoms with Crippen LogP contribution in [-0.4, -0.2) is 21.5 Å². The largest absolute Gasteiger partial charge is 0.454 e. The van der Waals surface area contributed by atoms with Crippen LogP contribution in [-0.2, 0) is 6.54 Å². The fourth-order valence-electron chi connectivity index (χ4n) is 3.42. The van der Waals surface area contributed by atoms with Crippen LogP contribution in [0.4, 0.5) is 23.2 Å². The van der Waals surface area contributed by atoms with Crippen molar-refractivity contribution in [1.29, 1.82) is 0 Å². The molecule has 0 radical (unpaired) electrons. The molecule has 0 saturated heterocycles. The fraction of sp³-hybridized carbons (Fsp3) is 0.125. The maximum atomic E-state index is 13.4. The average Bonchev–Trinajstić information content (AvgIpc) is 3.44. The van der Waals surface area contributed by atoms with Crippen LogP contribution in [0.3, 0.4) is 0 Å². The Morgan fingerprint density at radius 3 is 2.36 bits per heavy atom. The molecule has 2 aromatic carbocycles. The number of nitrogens with zero attached hydrogens (tertiary/aromatic N) is 2. The molecule has 2 aromatic heterocycles. The van der Waals surface area contributed by atoms with E-state index in [0.29, 0.717) is 10.2 Å². The lowest BCUT2D eigenvalue weighted by Gasteiger charge is -2.10. The Balaban J connectivity index is 1.56. The second-order valence-corrected chi connectivity index (χ2v) is 8.26. The molecular formula is C24H15Cl2F4N3O3. The van der Waals surface area contributed by atoms with Crippen molar-refractivity contribution in [2.24, 2.45) is 0 Å². The number of halogens is 6. The number of amides is 1. The highest BCUT2D eigenvalue weighted by Crippen LogP contribution is 2.35. The first kappa shape index (κ1) is 25.5. The monoisotopic (exact) mass is 539 g/mol. The lowest BCUT2D eigenvalue weighted by molar-refractivity contribution is 0.0994. The predicted molar refractivity (Wildman–Crippen MR) is 124 cm³/mol. The molecule has 4 rings (SSSR count). The molecule has 0 spiro atoms. The molecule has 0 aliphatic rings. The van der Waals surface area contributed by atoms with Crippen molar-refractivity contribution < 1.29 is 31.6 Å². The highest BCUT2D eigenvalue weighted by Gasteiger charge is 2.28. The van der Waals surface area contributed by atoms with E-state index in [1.807, 2.05) is 0 Å². The zero-order valence-electron chi connectivity index (χ0n) is 18.0. The summed E-state index contributed by atoms with van der Waals surface area (Å²) in [6, 6.07) is 15.3. The van der Waals surface area contributed by atoms with Crippen LogP contribution in [0.5, 0.6) is 0 Å². The molecule has 6 nitrogen and oxygen atoms in total. The van der Waals surface area contributed by atoms with Gasteiger partial charge in [-0.15, -0.1) is 0 Å². The van der Waals surface area contributed by atoms with Crippen molar-refractivity contribution in [3.63, 3.8) is 0 Å². The Bertz CT molecular complexity index is 1420. The standard InChI is InChI=1S/C24H15Cl2F4N3O3/c25-13-6-8-16(15(10-13)21(34)12-4-2-1-3-5-12)31-24(35)17-9-7-14(36-17)11-33-20(23(29)30)18(26)19(32-33)22(27)28/h1-10,22-23H,11H2,(H,31,35). The van der Waals surface area contributed by atoms with Gasteiger partial charge in [0.15, 0.2) is 11.5 Å². The van der Waals surface area contributed by atoms with E-state index in [9.17, 15) is 27.2 Å². The minimum atomic E-state index is -3.17. The van der Waals surface area contributed by atoms with Crippen LogP contribution in [0.25, 0.3) is 0 Å². The van der Waals surface area contributed by atoms with E-state index in [0.717, 1.165) is 0 Å². The summed E-state index contributed by atoms with van der Waals surface area (Å²) in [7, 11) is 0. The first-order valence-electron chi connectivity index (χ1n) is 10.3. The minimum absolute atomic E-state index is 0.0151. The Morgan fingerprint density at radius 1 is 0.972 bits per heavy atom. The van der Waals surface area contributed by atoms with Crippen LogP contribution in [0.2, 0.25) is 10.0 Å². The number of benzene rings is 2. The Hall–Kier alpha value is -3.63. The van der Waals surface area contributed by atoms with Gasteiger partial charge in [0.1, 0.15) is 17.1 Å². The molecule has 1 N–H and O–H groups in total. The Kier molecular flexibility index (Phi) is 7.46. The maximum absolute atomic E-state index is 13.4. The van der Waals surface area contributed by atoms with Crippen molar-refractivity contribution in [2.75, 3.05) is 5.32 Å². The molecule has 0 bridgehead atoms. The van der Waals surface area contributed by atoms with E-state index < -0.39 is 41.7 Å². The summed E-state index contributed by atoms with van der Waals surface area (Å²) in [5, 5.41) is 5.47. The van der Waals surface area contributed by atoms with E-state index in [4.69, 9.17) is 27.6 Å². The van der Waals surface area contributed by atoms with Gasteiger partial charge >= 0.3 is 0 Å². The normalized spacial score (nSPS) is 11.3. The van der Waals surface area contributed by atoms with E-state index in [1.54, 1.807) is 30.3 Å². The molecule has 36 heavy (non-hydrogen) atoms. The highest BCUT2D eigenvalue weighted by molar-refractivity contribution is 6.32. The maximum Gasteiger partial charge on any atom is 0.291 e. The molecule has 0 aliphatic heterocycles. The summed E-state index contributed by atoms with van der Waals surface area (Å²) in [5.41, 5.74) is -1.18. The number of aromatic nitrogens is 2. The first-order valence-corrected chi connectivity index (χ1v) is 11.0. The van der Waals surface area contributed by atoms with Crippen molar-refractivity contribution in [3.8, 4) is 0 Å². The highest BCUT2D eigenvalue weighted by atomic mass is 35.5. The summed E-state index contributed by atoms with van der Waals surface area (Å²) in [4.78, 5) is 25.7. The number of nitrogens with one attached hydrogen (secondary N) is 1. The second-order valence-electron chi connectivity index (χ2n) is 7.45. The van der Waals surface area contributed by atoms with Gasteiger partial charge in [0, 0.05) is 16.1 Å². The second kappa shape index (κ2) is 10.5. The van der Waals surface area contributed by atoms with Gasteiger partial charge in [-0.25, -0.2) is 17.6 Å². The number of ketones is 1. The molecular weight excluding hydrogens is 525 g/mol. The quantitative estimate of drug-likeness (QED) is 0.190. The molecule has 1 amide bonds. The smallest absolute Gasteiger partial charge is 0.291 e. The van der Waals surface area contributed by atoms with Crippen LogP contribution >= 0.6 is 23.2 Å². The van der Waals surface area contributed by atoms with Crippen LogP contribution < -0.4 is 5.32 Å². The van der Waals surface area contributed by atoms with Gasteiger partial charge in [-0.05, 0) is 30.3 Å². The third-order valence-electron chi connectivity index (χ3n) is 5.07. The average molecular weight is 540 g/mol. The third kappa shape index (κ3) is 5.29. The van der Waals surface area contributed by atoms with Crippen LogP contribution in [0, 0.1) is 0 Å². The van der Waals surface area contributed by atoms with Gasteiger partial charge < -0.3 is 9.73 Å². The molecule has 0 saturated carbocycles. The number of rotatable bonds is 8. The number of carbonyl (C=O) groups excluding carboxylic acids is 2. The number of furan rings is 1. The van der Waals surface area contributed by atoms with Crippen LogP contribution in [0.1, 0.15) is 56.5 Å². The molecule has 0 atom stereocenters. The third-order valence-corrected chi connectivity index (χ3v) is 5.69. The molecule has 0 fully saturated rings. The Morgan fingerprint density at radius 2 is 1.69 bits per heavy atom. The van der Waals surface area contributed by atoms with Crippen LogP contribution in [0.15, 0.2) is 65.1 Å². The number of hydrogen-bond acceptors (Lipinski definition) is 4. The summed E-state index contributed by atoms with van der Waals surface area (Å²) >= 11 is 11.7. The molecule has 12 heteroatoms. The molecule has 0 aliphatic carbocycles. The lowest BCUT2D eigenvalue weighted by atomic mass is 10.0. The predicted octanol–water partition coefficient (Wildman–Crippen LogP) is 7.19. The van der Waals surface area contributed by atoms with E-state index in [2.05, 4.69) is 10.4 Å². The van der Waals surface area contributed by atoms with E-state index >= 15 is 0 Å². The number of carbonyl (C=O) groups is 2. The van der Waals surface area contributed by atoms with E-state index in [1.165, 1.54) is 30.3 Å². The summed E-state index contributed by atoms with van der Waals surface area (Å²) in [6.07, 6.45) is -6.32. The molecule has 4 aromatic rings. The summed E-state index contributed by atoms with van der Waals surface area (Å²) < 4.78 is 58.9. The molecule has 2 heterocycles. The lowest BCUT2D eigenvalue weighted by Crippen LogP contribution is -2.15. The first-order chi connectivity index (χ1) is 17.2. The topological polar surface area (TPSA) is 77.1 Å². The number of anilines is 1. The van der Waals surface area contributed by atoms with Gasteiger partial charge in [-0.2, -0.15) is 5.10 Å². The Labute approximate surface area is 211 Å². The van der Waals surface area contributed by atoms with Crippen molar-refractivity contribution in [3.05, 3.63) is 105 Å². The zero-order valence-corrected chi connectivity index (χ0v) is 19.5. The van der Waals surface area contributed by atoms with Gasteiger partial charge in [0.2, 0.25) is 0 Å². The summed E-state index contributed by atoms with van der Waals surface area (Å²) in [6.45, 7) is -0.474. The van der Waals surface area contributed by atoms with Gasteiger partial charge in [0.25, 0.3) is 18.8 Å². The molecule has 0 unspecified atom stereocenters.